The van der Waals surface area contributed by atoms with Crippen LogP contribution in [0.1, 0.15) is 39.9 Å². The highest BCUT2D eigenvalue weighted by molar-refractivity contribution is 6.00. The highest BCUT2D eigenvalue weighted by Crippen LogP contribution is 2.09. The first-order valence-corrected chi connectivity index (χ1v) is 10.9. The van der Waals surface area contributed by atoms with Crippen LogP contribution in [0.4, 0.5) is 0 Å². The third-order valence-electron chi connectivity index (χ3n) is 5.06. The molecule has 4 rings (SSSR count). The predicted octanol–water partition coefficient (Wildman–Crippen LogP) is 5.79. The Labute approximate surface area is 194 Å². The molecule has 0 saturated carbocycles. The standard InChI is InChI=1S/C14H14N2O.C14H13NO/c17-16-14(13-6-2-1-3-7-13)9-8-12-5-4-10-15-11-12;16-14(13-6-2-1-3-7-13)9-8-12-5-4-10-15-11-12/h1-7,10-11,17H,8-9H2;1-7,10-11H,8-9H2. The number of carbonyl (C=O) groups excluding carboxylic acids is 1. The van der Waals surface area contributed by atoms with Crippen LogP contribution in [0.2, 0.25) is 0 Å². The molecule has 33 heavy (non-hydrogen) atoms. The Hall–Kier alpha value is -4.12. The Bertz CT molecular complexity index is 1120. The molecule has 5 heteroatoms. The zero-order chi connectivity index (χ0) is 23.1. The lowest BCUT2D eigenvalue weighted by molar-refractivity contribution is 0.0983. The molecule has 0 radical (unpaired) electrons. The number of carbonyl (C=O) groups is 1. The Morgan fingerprint density at radius 3 is 1.67 bits per heavy atom. The smallest absolute Gasteiger partial charge is 0.163 e. The molecule has 0 spiro atoms. The zero-order valence-electron chi connectivity index (χ0n) is 18.4. The fourth-order valence-corrected chi connectivity index (χ4v) is 3.26. The highest BCUT2D eigenvalue weighted by atomic mass is 16.4. The molecule has 0 aliphatic heterocycles. The van der Waals surface area contributed by atoms with Gasteiger partial charge in [0.2, 0.25) is 0 Å². The number of oxime groups is 1. The van der Waals surface area contributed by atoms with Gasteiger partial charge in [-0.2, -0.15) is 0 Å². The molecular weight excluding hydrogens is 410 g/mol. The number of aromatic nitrogens is 2. The maximum Gasteiger partial charge on any atom is 0.163 e. The first-order valence-electron chi connectivity index (χ1n) is 10.9. The molecule has 1 N–H and O–H groups in total. The van der Waals surface area contributed by atoms with E-state index >= 15 is 0 Å². The number of rotatable bonds is 8. The van der Waals surface area contributed by atoms with Crippen LogP contribution in [-0.4, -0.2) is 26.7 Å². The van der Waals surface area contributed by atoms with Crippen molar-refractivity contribution >= 4 is 11.5 Å². The summed E-state index contributed by atoms with van der Waals surface area (Å²) >= 11 is 0. The lowest BCUT2D eigenvalue weighted by Gasteiger charge is -2.04. The van der Waals surface area contributed by atoms with Gasteiger partial charge in [0.15, 0.2) is 5.78 Å². The van der Waals surface area contributed by atoms with E-state index in [4.69, 9.17) is 5.21 Å². The summed E-state index contributed by atoms with van der Waals surface area (Å²) in [4.78, 5) is 19.9. The van der Waals surface area contributed by atoms with Crippen molar-refractivity contribution in [2.24, 2.45) is 5.16 Å². The van der Waals surface area contributed by atoms with E-state index in [0.717, 1.165) is 35.1 Å². The topological polar surface area (TPSA) is 75.4 Å². The minimum Gasteiger partial charge on any atom is -0.411 e. The zero-order valence-corrected chi connectivity index (χ0v) is 18.4. The molecule has 0 aliphatic rings. The largest absolute Gasteiger partial charge is 0.411 e. The van der Waals surface area contributed by atoms with Crippen molar-refractivity contribution in [3.05, 3.63) is 132 Å². The third-order valence-corrected chi connectivity index (χ3v) is 5.06. The molecule has 2 aromatic carbocycles. The molecule has 166 valence electrons. The lowest BCUT2D eigenvalue weighted by atomic mass is 10.0. The van der Waals surface area contributed by atoms with Crippen LogP contribution in [0.5, 0.6) is 0 Å². The SMILES string of the molecule is O=C(CCc1cccnc1)c1ccccc1.ON=C(CCc1cccnc1)c1ccccc1. The van der Waals surface area contributed by atoms with E-state index in [2.05, 4.69) is 15.1 Å². The number of hydrogen-bond acceptors (Lipinski definition) is 5. The van der Waals surface area contributed by atoms with Crippen molar-refractivity contribution in [3.8, 4) is 0 Å². The maximum absolute atomic E-state index is 11.8. The first kappa shape index (κ1) is 23.5. The van der Waals surface area contributed by atoms with E-state index in [1.807, 2.05) is 91.1 Å². The average Bonchev–Trinajstić information content (AvgIpc) is 2.90. The fraction of sp³-hybridized carbons (Fsp3) is 0.143. The van der Waals surface area contributed by atoms with E-state index in [0.29, 0.717) is 18.6 Å². The normalized spacial score (nSPS) is 10.7. The molecule has 0 saturated heterocycles. The van der Waals surface area contributed by atoms with Gasteiger partial charge in [-0.15, -0.1) is 0 Å². The van der Waals surface area contributed by atoms with Gasteiger partial charge in [-0.1, -0.05) is 78.0 Å². The van der Waals surface area contributed by atoms with Gasteiger partial charge in [0.25, 0.3) is 0 Å². The van der Waals surface area contributed by atoms with Crippen LogP contribution < -0.4 is 0 Å². The predicted molar refractivity (Wildman–Crippen MR) is 131 cm³/mol. The maximum atomic E-state index is 11.8. The molecular formula is C28H27N3O2. The molecule has 5 nitrogen and oxygen atoms in total. The summed E-state index contributed by atoms with van der Waals surface area (Å²) in [6.45, 7) is 0. The third kappa shape index (κ3) is 8.15. The number of aryl methyl sites for hydroxylation is 2. The Kier molecular flexibility index (Phi) is 9.51. The van der Waals surface area contributed by atoms with E-state index < -0.39 is 0 Å². The Morgan fingerprint density at radius 2 is 1.18 bits per heavy atom. The van der Waals surface area contributed by atoms with Gasteiger partial charge in [-0.25, -0.2) is 0 Å². The molecule has 0 atom stereocenters. The van der Waals surface area contributed by atoms with E-state index in [1.54, 1.807) is 18.6 Å². The monoisotopic (exact) mass is 437 g/mol. The summed E-state index contributed by atoms with van der Waals surface area (Å²) in [6.07, 6.45) is 9.94. The van der Waals surface area contributed by atoms with Gasteiger partial charge in [-0.05, 0) is 48.1 Å². The number of ketones is 1. The van der Waals surface area contributed by atoms with Gasteiger partial charge in [0.1, 0.15) is 0 Å². The number of Topliss-reactive ketones (excluding diaryl/α,β-unsaturated/α-hetero) is 1. The van der Waals surface area contributed by atoms with Gasteiger partial charge in [0, 0.05) is 36.8 Å². The molecule has 0 aliphatic carbocycles. The fourth-order valence-electron chi connectivity index (χ4n) is 3.26. The van der Waals surface area contributed by atoms with Gasteiger partial charge in [-0.3, -0.25) is 14.8 Å². The average molecular weight is 438 g/mol. The van der Waals surface area contributed by atoms with Crippen LogP contribution >= 0.6 is 0 Å². The van der Waals surface area contributed by atoms with Crippen LogP contribution in [0.3, 0.4) is 0 Å². The van der Waals surface area contributed by atoms with Crippen molar-refractivity contribution in [1.82, 2.24) is 9.97 Å². The Balaban J connectivity index is 0.000000186. The van der Waals surface area contributed by atoms with Crippen molar-refractivity contribution in [1.29, 1.82) is 0 Å². The quantitative estimate of drug-likeness (QED) is 0.164. The molecule has 0 bridgehead atoms. The van der Waals surface area contributed by atoms with Crippen LogP contribution in [0.15, 0.2) is 115 Å². The summed E-state index contributed by atoms with van der Waals surface area (Å²) in [5.41, 5.74) is 4.69. The summed E-state index contributed by atoms with van der Waals surface area (Å²) < 4.78 is 0. The first-order chi connectivity index (χ1) is 16.3. The van der Waals surface area contributed by atoms with Crippen molar-refractivity contribution in [2.75, 3.05) is 0 Å². The lowest BCUT2D eigenvalue weighted by Crippen LogP contribution is -2.03. The number of nitrogens with zero attached hydrogens (tertiary/aromatic N) is 3. The second-order valence-corrected chi connectivity index (χ2v) is 7.42. The number of pyridine rings is 2. The van der Waals surface area contributed by atoms with Crippen LogP contribution in [-0.2, 0) is 12.8 Å². The highest BCUT2D eigenvalue weighted by Gasteiger charge is 2.05. The Morgan fingerprint density at radius 1 is 0.667 bits per heavy atom. The summed E-state index contributed by atoms with van der Waals surface area (Å²) in [5, 5.41) is 12.4. The number of hydrogen-bond donors (Lipinski definition) is 1. The van der Waals surface area contributed by atoms with E-state index in [-0.39, 0.29) is 5.78 Å². The summed E-state index contributed by atoms with van der Waals surface area (Å²) in [6, 6.07) is 26.9. The number of benzene rings is 2. The molecule has 0 amide bonds. The van der Waals surface area contributed by atoms with Gasteiger partial charge < -0.3 is 5.21 Å². The van der Waals surface area contributed by atoms with Crippen molar-refractivity contribution in [3.63, 3.8) is 0 Å². The summed E-state index contributed by atoms with van der Waals surface area (Å²) in [5.74, 6) is 0.185. The van der Waals surface area contributed by atoms with Crippen LogP contribution in [0.25, 0.3) is 0 Å². The van der Waals surface area contributed by atoms with E-state index in [1.165, 1.54) is 0 Å². The molecule has 2 aromatic heterocycles. The van der Waals surface area contributed by atoms with E-state index in [9.17, 15) is 4.79 Å². The van der Waals surface area contributed by atoms with Gasteiger partial charge >= 0.3 is 0 Å². The molecule has 0 unspecified atom stereocenters. The van der Waals surface area contributed by atoms with Gasteiger partial charge in [0.05, 0.1) is 5.71 Å². The molecule has 2 heterocycles. The molecule has 0 fully saturated rings. The van der Waals surface area contributed by atoms with Crippen molar-refractivity contribution < 1.29 is 10.0 Å². The molecule has 4 aromatic rings. The second-order valence-electron chi connectivity index (χ2n) is 7.42. The minimum absolute atomic E-state index is 0.185. The van der Waals surface area contributed by atoms with Crippen molar-refractivity contribution in [2.45, 2.75) is 25.7 Å². The minimum atomic E-state index is 0.185. The van der Waals surface area contributed by atoms with Crippen LogP contribution in [0, 0.1) is 0 Å². The second kappa shape index (κ2) is 13.3. The summed E-state index contributed by atoms with van der Waals surface area (Å²) in [7, 11) is 0.